The Morgan fingerprint density at radius 1 is 1.09 bits per heavy atom. The van der Waals surface area contributed by atoms with Crippen LogP contribution in [-0.2, 0) is 14.8 Å². The molecule has 0 radical (unpaired) electrons. The second kappa shape index (κ2) is 9.06. The third-order valence-electron chi connectivity index (χ3n) is 6.37. The van der Waals surface area contributed by atoms with Crippen LogP contribution in [0.25, 0.3) is 0 Å². The fraction of sp³-hybridized carbons (Fsp3) is 0.455. The van der Waals surface area contributed by atoms with Crippen LogP contribution in [0.4, 0.5) is 24.7 Å². The summed E-state index contributed by atoms with van der Waals surface area (Å²) < 4.78 is 69.4. The van der Waals surface area contributed by atoms with Gasteiger partial charge < -0.3 is 15.0 Å². The number of piperidine rings is 1. The molecule has 0 aliphatic carbocycles. The Morgan fingerprint density at radius 3 is 2.35 bits per heavy atom. The summed E-state index contributed by atoms with van der Waals surface area (Å²) in [6.45, 7) is -0.498. The Bertz CT molecular complexity index is 1150. The molecule has 8 nitrogen and oxygen atoms in total. The first-order valence-electron chi connectivity index (χ1n) is 10.8. The summed E-state index contributed by atoms with van der Waals surface area (Å²) >= 11 is 0. The highest BCUT2D eigenvalue weighted by atomic mass is 32.2. The van der Waals surface area contributed by atoms with Crippen molar-refractivity contribution in [2.75, 3.05) is 43.5 Å². The number of aromatic nitrogens is 1. The van der Waals surface area contributed by atoms with Crippen molar-refractivity contribution in [3.8, 4) is 5.75 Å². The van der Waals surface area contributed by atoms with Gasteiger partial charge in [-0.3, -0.25) is 4.79 Å². The van der Waals surface area contributed by atoms with Crippen molar-refractivity contribution < 1.29 is 31.1 Å². The predicted octanol–water partition coefficient (Wildman–Crippen LogP) is 3.27. The maximum atomic E-state index is 13.3. The largest absolute Gasteiger partial charge is 0.484 e. The van der Waals surface area contributed by atoms with Gasteiger partial charge in [0, 0.05) is 38.6 Å². The number of anilines is 2. The number of halogens is 3. The van der Waals surface area contributed by atoms with E-state index < -0.39 is 28.2 Å². The molecular weight excluding hydrogens is 473 g/mol. The van der Waals surface area contributed by atoms with Crippen molar-refractivity contribution in [3.63, 3.8) is 0 Å². The molecule has 3 heterocycles. The Balaban J connectivity index is 1.42. The number of pyridine rings is 1. The maximum Gasteiger partial charge on any atom is 0.422 e. The SMILES string of the molecule is CNc1ncccc1S(=O)(=O)N1CCC2(CCN(c3ccc(OCC(F)(F)F)cc3)C2=O)CC1. The van der Waals surface area contributed by atoms with Crippen LogP contribution in [0.5, 0.6) is 5.75 Å². The molecule has 34 heavy (non-hydrogen) atoms. The Kier molecular flexibility index (Phi) is 6.47. The summed E-state index contributed by atoms with van der Waals surface area (Å²) in [5.41, 5.74) is -0.0802. The van der Waals surface area contributed by atoms with E-state index in [0.717, 1.165) is 0 Å². The molecule has 184 valence electrons. The van der Waals surface area contributed by atoms with Crippen molar-refractivity contribution in [3.05, 3.63) is 42.6 Å². The number of alkyl halides is 3. The lowest BCUT2D eigenvalue weighted by atomic mass is 9.77. The lowest BCUT2D eigenvalue weighted by Gasteiger charge is -2.37. The van der Waals surface area contributed by atoms with Crippen LogP contribution in [0.15, 0.2) is 47.5 Å². The van der Waals surface area contributed by atoms with Crippen LogP contribution in [0, 0.1) is 5.41 Å². The predicted molar refractivity (Wildman–Crippen MR) is 119 cm³/mol. The number of carbonyl (C=O) groups excluding carboxylic acids is 1. The highest BCUT2D eigenvalue weighted by molar-refractivity contribution is 7.89. The van der Waals surface area contributed by atoms with Gasteiger partial charge in [0.25, 0.3) is 0 Å². The average molecular weight is 499 g/mol. The molecule has 0 saturated carbocycles. The molecule has 2 aliphatic rings. The first-order valence-corrected chi connectivity index (χ1v) is 12.2. The second-order valence-corrected chi connectivity index (χ2v) is 10.3. The van der Waals surface area contributed by atoms with E-state index in [2.05, 4.69) is 10.3 Å². The fourth-order valence-corrected chi connectivity index (χ4v) is 6.09. The van der Waals surface area contributed by atoms with Crippen LogP contribution in [0.3, 0.4) is 0 Å². The van der Waals surface area contributed by atoms with Crippen molar-refractivity contribution in [1.82, 2.24) is 9.29 Å². The number of ether oxygens (including phenoxy) is 1. The van der Waals surface area contributed by atoms with Crippen molar-refractivity contribution >= 4 is 27.4 Å². The zero-order valence-electron chi connectivity index (χ0n) is 18.5. The molecule has 0 unspecified atom stereocenters. The molecule has 0 atom stereocenters. The number of benzene rings is 1. The number of hydrogen-bond donors (Lipinski definition) is 1. The van der Waals surface area contributed by atoms with Gasteiger partial charge in [0.15, 0.2) is 6.61 Å². The number of nitrogens with one attached hydrogen (secondary N) is 1. The number of carbonyl (C=O) groups is 1. The van der Waals surface area contributed by atoms with Gasteiger partial charge in [-0.15, -0.1) is 0 Å². The van der Waals surface area contributed by atoms with Crippen molar-refractivity contribution in [2.45, 2.75) is 30.3 Å². The van der Waals surface area contributed by atoms with E-state index in [4.69, 9.17) is 4.74 Å². The summed E-state index contributed by atoms with van der Waals surface area (Å²) in [5.74, 6) is 0.247. The molecule has 1 aromatic carbocycles. The number of sulfonamides is 1. The Labute approximate surface area is 195 Å². The van der Waals surface area contributed by atoms with E-state index in [1.54, 1.807) is 30.1 Å². The van der Waals surface area contributed by atoms with Crippen LogP contribution in [-0.4, -0.2) is 63.1 Å². The van der Waals surface area contributed by atoms with Crippen molar-refractivity contribution in [1.29, 1.82) is 0 Å². The summed E-state index contributed by atoms with van der Waals surface area (Å²) in [7, 11) is -2.16. The molecule has 1 spiro atoms. The highest BCUT2D eigenvalue weighted by Gasteiger charge is 2.50. The quantitative estimate of drug-likeness (QED) is 0.658. The number of nitrogens with zero attached hydrogens (tertiary/aromatic N) is 3. The highest BCUT2D eigenvalue weighted by Crippen LogP contribution is 2.44. The summed E-state index contributed by atoms with van der Waals surface area (Å²) in [6.07, 6.45) is -1.55. The van der Waals surface area contributed by atoms with E-state index in [-0.39, 0.29) is 35.5 Å². The van der Waals surface area contributed by atoms with Crippen LogP contribution >= 0.6 is 0 Å². The monoisotopic (exact) mass is 498 g/mol. The maximum absolute atomic E-state index is 13.3. The smallest absolute Gasteiger partial charge is 0.422 e. The van der Waals surface area contributed by atoms with Gasteiger partial charge in [0.05, 0.1) is 5.41 Å². The topological polar surface area (TPSA) is 91.8 Å². The summed E-state index contributed by atoms with van der Waals surface area (Å²) in [5, 5.41) is 2.80. The molecule has 0 bridgehead atoms. The zero-order valence-corrected chi connectivity index (χ0v) is 19.3. The molecule has 2 aromatic rings. The minimum Gasteiger partial charge on any atom is -0.484 e. The number of amides is 1. The Hall–Kier alpha value is -2.86. The molecular formula is C22H25F3N4O4S. The normalized spacial score (nSPS) is 18.9. The first-order chi connectivity index (χ1) is 16.1. The molecule has 1 N–H and O–H groups in total. The molecule has 2 aliphatic heterocycles. The van der Waals surface area contributed by atoms with Crippen molar-refractivity contribution in [2.24, 2.45) is 5.41 Å². The van der Waals surface area contributed by atoms with E-state index in [0.29, 0.717) is 31.5 Å². The van der Waals surface area contributed by atoms with Crippen LogP contribution in [0.2, 0.25) is 0 Å². The van der Waals surface area contributed by atoms with E-state index in [1.165, 1.54) is 28.7 Å². The lowest BCUT2D eigenvalue weighted by molar-refractivity contribution is -0.153. The summed E-state index contributed by atoms with van der Waals surface area (Å²) in [6, 6.07) is 9.00. The van der Waals surface area contributed by atoms with Gasteiger partial charge in [0.2, 0.25) is 15.9 Å². The minimum atomic E-state index is -4.43. The van der Waals surface area contributed by atoms with Gasteiger partial charge in [-0.05, 0) is 55.7 Å². The van der Waals surface area contributed by atoms with E-state index in [9.17, 15) is 26.4 Å². The second-order valence-electron chi connectivity index (χ2n) is 8.39. The van der Waals surface area contributed by atoms with E-state index >= 15 is 0 Å². The van der Waals surface area contributed by atoms with Crippen LogP contribution < -0.4 is 15.0 Å². The van der Waals surface area contributed by atoms with Gasteiger partial charge in [0.1, 0.15) is 16.5 Å². The molecule has 1 aromatic heterocycles. The number of hydrogen-bond acceptors (Lipinski definition) is 6. The Morgan fingerprint density at radius 2 is 1.74 bits per heavy atom. The molecule has 2 saturated heterocycles. The number of rotatable bonds is 6. The lowest BCUT2D eigenvalue weighted by Crippen LogP contribution is -2.46. The molecule has 4 rings (SSSR count). The first kappa shape index (κ1) is 24.3. The third kappa shape index (κ3) is 4.69. The fourth-order valence-electron chi connectivity index (χ4n) is 4.50. The molecule has 12 heteroatoms. The van der Waals surface area contributed by atoms with Crippen LogP contribution in [0.1, 0.15) is 19.3 Å². The minimum absolute atomic E-state index is 0.0669. The van der Waals surface area contributed by atoms with Gasteiger partial charge in [-0.25, -0.2) is 13.4 Å². The molecule has 1 amide bonds. The van der Waals surface area contributed by atoms with Gasteiger partial charge in [-0.1, -0.05) is 0 Å². The average Bonchev–Trinajstić information content (AvgIpc) is 3.13. The third-order valence-corrected chi connectivity index (χ3v) is 8.30. The zero-order chi connectivity index (χ0) is 24.6. The van der Waals surface area contributed by atoms with E-state index in [1.807, 2.05) is 0 Å². The standard InChI is InChI=1S/C22H25F3N4O4S/c1-26-19-18(3-2-11-27-19)34(31,32)28-12-8-21(9-13-28)10-14-29(20(21)30)16-4-6-17(7-5-16)33-15-22(23,24)25/h2-7,11H,8-10,12-15H2,1H3,(H,26,27). The molecule has 2 fully saturated rings. The summed E-state index contributed by atoms with van der Waals surface area (Å²) in [4.78, 5) is 19.1. The van der Waals surface area contributed by atoms with Gasteiger partial charge >= 0.3 is 6.18 Å². The van der Waals surface area contributed by atoms with Gasteiger partial charge in [-0.2, -0.15) is 17.5 Å².